The summed E-state index contributed by atoms with van der Waals surface area (Å²) in [6.45, 7) is 4.18. The molecule has 4 heterocycles. The molecule has 1 amide bonds. The van der Waals surface area contributed by atoms with E-state index in [1.807, 2.05) is 23.1 Å². The standard InChI is InChI=1S/C19H22N4O3/c24-19(15-4-7-21-18(13-15)26-16-5-12-25-14-16)23-10-8-22(9-11-23)17-3-1-2-6-20-17/h1-4,6-7,13,16H,5,8-12,14H2. The molecule has 0 N–H and O–H groups in total. The fourth-order valence-corrected chi connectivity index (χ4v) is 3.25. The molecule has 0 spiro atoms. The van der Waals surface area contributed by atoms with Gasteiger partial charge in [0.2, 0.25) is 5.88 Å². The first kappa shape index (κ1) is 16.8. The molecular weight excluding hydrogens is 332 g/mol. The Bertz CT molecular complexity index is 741. The van der Waals surface area contributed by atoms with Gasteiger partial charge in [0.25, 0.3) is 5.91 Å². The Morgan fingerprint density at radius 2 is 2.00 bits per heavy atom. The van der Waals surface area contributed by atoms with Crippen molar-refractivity contribution in [2.45, 2.75) is 12.5 Å². The molecule has 2 saturated heterocycles. The zero-order valence-corrected chi connectivity index (χ0v) is 14.6. The third-order valence-corrected chi connectivity index (χ3v) is 4.70. The van der Waals surface area contributed by atoms with Crippen LogP contribution in [0.2, 0.25) is 0 Å². The van der Waals surface area contributed by atoms with Crippen molar-refractivity contribution in [2.75, 3.05) is 44.3 Å². The van der Waals surface area contributed by atoms with Crippen molar-refractivity contribution in [3.8, 4) is 5.88 Å². The molecular formula is C19H22N4O3. The van der Waals surface area contributed by atoms with E-state index in [1.165, 1.54) is 0 Å². The van der Waals surface area contributed by atoms with Crippen molar-refractivity contribution < 1.29 is 14.3 Å². The minimum atomic E-state index is 0.0144. The second kappa shape index (κ2) is 7.70. The van der Waals surface area contributed by atoms with E-state index in [2.05, 4.69) is 14.9 Å². The molecule has 0 aliphatic carbocycles. The van der Waals surface area contributed by atoms with Gasteiger partial charge in [-0.15, -0.1) is 0 Å². The van der Waals surface area contributed by atoms with E-state index in [0.29, 0.717) is 37.7 Å². The van der Waals surface area contributed by atoms with Gasteiger partial charge in [0.1, 0.15) is 11.9 Å². The lowest BCUT2D eigenvalue weighted by Crippen LogP contribution is -2.49. The summed E-state index contributed by atoms with van der Waals surface area (Å²) in [5, 5.41) is 0. The fourth-order valence-electron chi connectivity index (χ4n) is 3.25. The smallest absolute Gasteiger partial charge is 0.254 e. The summed E-state index contributed by atoms with van der Waals surface area (Å²) in [5.41, 5.74) is 0.611. The number of pyridine rings is 2. The molecule has 2 aliphatic rings. The molecule has 136 valence electrons. The number of nitrogens with zero attached hydrogens (tertiary/aromatic N) is 4. The molecule has 7 heteroatoms. The second-order valence-corrected chi connectivity index (χ2v) is 6.45. The largest absolute Gasteiger partial charge is 0.472 e. The van der Waals surface area contributed by atoms with E-state index in [4.69, 9.17) is 9.47 Å². The summed E-state index contributed by atoms with van der Waals surface area (Å²) in [6, 6.07) is 9.35. The van der Waals surface area contributed by atoms with Crippen molar-refractivity contribution in [3.63, 3.8) is 0 Å². The Hall–Kier alpha value is -2.67. The lowest BCUT2D eigenvalue weighted by Gasteiger charge is -2.35. The highest BCUT2D eigenvalue weighted by Gasteiger charge is 2.24. The second-order valence-electron chi connectivity index (χ2n) is 6.45. The van der Waals surface area contributed by atoms with E-state index in [9.17, 15) is 4.79 Å². The van der Waals surface area contributed by atoms with Crippen LogP contribution in [0.4, 0.5) is 5.82 Å². The van der Waals surface area contributed by atoms with Crippen LogP contribution in [0.3, 0.4) is 0 Å². The van der Waals surface area contributed by atoms with Crippen LogP contribution in [0.15, 0.2) is 42.7 Å². The summed E-state index contributed by atoms with van der Waals surface area (Å²) in [4.78, 5) is 25.5. The highest BCUT2D eigenvalue weighted by atomic mass is 16.5. The molecule has 26 heavy (non-hydrogen) atoms. The predicted octanol–water partition coefficient (Wildman–Crippen LogP) is 1.61. The van der Waals surface area contributed by atoms with Gasteiger partial charge in [0.05, 0.1) is 13.2 Å². The molecule has 2 aromatic rings. The topological polar surface area (TPSA) is 67.8 Å². The van der Waals surface area contributed by atoms with E-state index in [0.717, 1.165) is 25.3 Å². The van der Waals surface area contributed by atoms with Crippen molar-refractivity contribution in [1.82, 2.24) is 14.9 Å². The highest BCUT2D eigenvalue weighted by molar-refractivity contribution is 5.94. The first-order chi connectivity index (χ1) is 12.8. The van der Waals surface area contributed by atoms with E-state index >= 15 is 0 Å². The molecule has 1 atom stereocenters. The van der Waals surface area contributed by atoms with Crippen molar-refractivity contribution >= 4 is 11.7 Å². The van der Waals surface area contributed by atoms with Crippen molar-refractivity contribution in [3.05, 3.63) is 48.3 Å². The zero-order valence-electron chi connectivity index (χ0n) is 14.6. The third-order valence-electron chi connectivity index (χ3n) is 4.70. The third kappa shape index (κ3) is 3.77. The first-order valence-electron chi connectivity index (χ1n) is 8.95. The molecule has 0 radical (unpaired) electrons. The normalized spacial score (nSPS) is 20.2. The average molecular weight is 354 g/mol. The Kier molecular flexibility index (Phi) is 4.97. The summed E-state index contributed by atoms with van der Waals surface area (Å²) < 4.78 is 11.1. The van der Waals surface area contributed by atoms with Gasteiger partial charge >= 0.3 is 0 Å². The number of piperazine rings is 1. The SMILES string of the molecule is O=C(c1ccnc(OC2CCOC2)c1)N1CCN(c2ccccn2)CC1. The molecule has 4 rings (SSSR count). The van der Waals surface area contributed by atoms with Gasteiger partial charge in [-0.1, -0.05) is 6.07 Å². The number of hydrogen-bond donors (Lipinski definition) is 0. The van der Waals surface area contributed by atoms with E-state index in [-0.39, 0.29) is 12.0 Å². The summed E-state index contributed by atoms with van der Waals surface area (Å²) in [5.74, 6) is 1.46. The quantitative estimate of drug-likeness (QED) is 0.831. The minimum absolute atomic E-state index is 0.0144. The highest BCUT2D eigenvalue weighted by Crippen LogP contribution is 2.18. The van der Waals surface area contributed by atoms with Crippen LogP contribution < -0.4 is 9.64 Å². The number of carbonyl (C=O) groups is 1. The van der Waals surface area contributed by atoms with Crippen LogP contribution >= 0.6 is 0 Å². The lowest BCUT2D eigenvalue weighted by atomic mass is 10.2. The molecule has 2 aromatic heterocycles. The van der Waals surface area contributed by atoms with Crippen LogP contribution in [0.5, 0.6) is 5.88 Å². The molecule has 0 bridgehead atoms. The predicted molar refractivity (Wildman–Crippen MR) is 96.4 cm³/mol. The number of aromatic nitrogens is 2. The maximum Gasteiger partial charge on any atom is 0.254 e. The first-order valence-corrected chi connectivity index (χ1v) is 8.95. The number of rotatable bonds is 4. The van der Waals surface area contributed by atoms with Gasteiger partial charge in [0.15, 0.2) is 0 Å². The number of amides is 1. The Labute approximate surface area is 152 Å². The molecule has 2 fully saturated rings. The number of ether oxygens (including phenoxy) is 2. The summed E-state index contributed by atoms with van der Waals surface area (Å²) in [7, 11) is 0. The maximum atomic E-state index is 12.8. The van der Waals surface area contributed by atoms with Crippen molar-refractivity contribution in [1.29, 1.82) is 0 Å². The Balaban J connectivity index is 1.37. The number of anilines is 1. The lowest BCUT2D eigenvalue weighted by molar-refractivity contribution is 0.0745. The Morgan fingerprint density at radius 1 is 1.12 bits per heavy atom. The number of hydrogen-bond acceptors (Lipinski definition) is 6. The van der Waals surface area contributed by atoms with Crippen LogP contribution in [0, 0.1) is 0 Å². The molecule has 2 aliphatic heterocycles. The molecule has 0 aromatic carbocycles. The van der Waals surface area contributed by atoms with Crippen LogP contribution in [0.25, 0.3) is 0 Å². The van der Waals surface area contributed by atoms with Crippen LogP contribution in [-0.4, -0.2) is 66.3 Å². The monoisotopic (exact) mass is 354 g/mol. The molecule has 1 unspecified atom stereocenters. The number of carbonyl (C=O) groups excluding carboxylic acids is 1. The Morgan fingerprint density at radius 3 is 2.73 bits per heavy atom. The summed E-state index contributed by atoms with van der Waals surface area (Å²) in [6.07, 6.45) is 4.30. The molecule has 0 saturated carbocycles. The zero-order chi connectivity index (χ0) is 17.8. The average Bonchev–Trinajstić information content (AvgIpc) is 3.21. The van der Waals surface area contributed by atoms with Gasteiger partial charge in [-0.2, -0.15) is 0 Å². The molecule has 7 nitrogen and oxygen atoms in total. The van der Waals surface area contributed by atoms with Gasteiger partial charge in [-0.25, -0.2) is 9.97 Å². The maximum absolute atomic E-state index is 12.8. The van der Waals surface area contributed by atoms with Gasteiger partial charge < -0.3 is 19.3 Å². The minimum Gasteiger partial charge on any atom is -0.472 e. The van der Waals surface area contributed by atoms with E-state index in [1.54, 1.807) is 24.5 Å². The van der Waals surface area contributed by atoms with E-state index < -0.39 is 0 Å². The van der Waals surface area contributed by atoms with Gasteiger partial charge in [0, 0.05) is 56.6 Å². The fraction of sp³-hybridized carbons (Fsp3) is 0.421. The van der Waals surface area contributed by atoms with Crippen molar-refractivity contribution in [2.24, 2.45) is 0 Å². The van der Waals surface area contributed by atoms with Gasteiger partial charge in [-0.05, 0) is 18.2 Å². The van der Waals surface area contributed by atoms with Crippen LogP contribution in [-0.2, 0) is 4.74 Å². The summed E-state index contributed by atoms with van der Waals surface area (Å²) >= 11 is 0. The van der Waals surface area contributed by atoms with Crippen LogP contribution in [0.1, 0.15) is 16.8 Å². The van der Waals surface area contributed by atoms with Gasteiger partial charge in [-0.3, -0.25) is 4.79 Å².